The highest BCUT2D eigenvalue weighted by Crippen LogP contribution is 2.27. The van der Waals surface area contributed by atoms with Crippen LogP contribution in [0.4, 0.5) is 0 Å². The third-order valence-electron chi connectivity index (χ3n) is 4.62. The number of aldehydes is 1. The minimum atomic E-state index is -0.222. The molecule has 0 heterocycles. The molecule has 2 nitrogen and oxygen atoms in total. The van der Waals surface area contributed by atoms with Crippen molar-refractivity contribution >= 4 is 52.1 Å². The summed E-state index contributed by atoms with van der Waals surface area (Å²) < 4.78 is 0. The lowest BCUT2D eigenvalue weighted by Crippen LogP contribution is -2.41. The Morgan fingerprint density at radius 1 is 1.09 bits per heavy atom. The standard InChI is InChI=1S/C16H30B3NOS2/c17-19-20(16(12-21)13-22)14-23-18-15-10-8-6-4-2-1-3-5-7-9-11-15/h12,15-16,22H,1-11,13-14H2/t16-/m1/s1. The summed E-state index contributed by atoms with van der Waals surface area (Å²) in [5, 5.41) is 0. The van der Waals surface area contributed by atoms with Gasteiger partial charge in [0.1, 0.15) is 6.29 Å². The maximum absolute atomic E-state index is 11.0. The Labute approximate surface area is 155 Å². The van der Waals surface area contributed by atoms with Crippen molar-refractivity contribution in [3.05, 3.63) is 0 Å². The second-order valence-corrected chi connectivity index (χ2v) is 7.73. The van der Waals surface area contributed by atoms with Crippen LogP contribution in [-0.4, -0.2) is 50.4 Å². The minimum Gasteiger partial charge on any atom is -0.340 e. The molecule has 0 saturated heterocycles. The summed E-state index contributed by atoms with van der Waals surface area (Å²) in [7, 11) is 7.15. The molecule has 0 spiro atoms. The highest BCUT2D eigenvalue weighted by atomic mass is 32.2. The van der Waals surface area contributed by atoms with Crippen molar-refractivity contribution in [3.8, 4) is 0 Å². The van der Waals surface area contributed by atoms with Gasteiger partial charge >= 0.3 is 0 Å². The van der Waals surface area contributed by atoms with E-state index in [0.29, 0.717) is 11.6 Å². The fourth-order valence-corrected chi connectivity index (χ4v) is 4.45. The lowest BCUT2D eigenvalue weighted by Gasteiger charge is -2.26. The van der Waals surface area contributed by atoms with Gasteiger partial charge in [-0.2, -0.15) is 12.6 Å². The van der Waals surface area contributed by atoms with E-state index in [1.54, 1.807) is 11.6 Å². The van der Waals surface area contributed by atoms with Crippen molar-refractivity contribution in [1.82, 2.24) is 4.81 Å². The molecule has 0 N–H and O–H groups in total. The van der Waals surface area contributed by atoms with Gasteiger partial charge in [-0.3, -0.25) is 0 Å². The van der Waals surface area contributed by atoms with Gasteiger partial charge in [-0.05, 0) is 0 Å². The predicted octanol–water partition coefficient (Wildman–Crippen LogP) is 3.89. The number of rotatable bonds is 8. The first kappa shape index (κ1) is 21.6. The number of hydrogen-bond donors (Lipinski definition) is 1. The highest BCUT2D eigenvalue weighted by Gasteiger charge is 2.16. The number of carbonyl (C=O) groups is 1. The zero-order valence-electron chi connectivity index (χ0n) is 14.4. The van der Waals surface area contributed by atoms with Gasteiger partial charge in [-0.25, -0.2) is 11.6 Å². The fourth-order valence-electron chi connectivity index (χ4n) is 3.07. The molecule has 1 rings (SSSR count). The maximum atomic E-state index is 11.0. The Bertz CT molecular complexity index is 288. The van der Waals surface area contributed by atoms with Gasteiger partial charge in [0.25, 0.3) is 0 Å². The Kier molecular flexibility index (Phi) is 13.9. The molecule has 0 aromatic carbocycles. The van der Waals surface area contributed by atoms with Crippen molar-refractivity contribution in [3.63, 3.8) is 0 Å². The quantitative estimate of drug-likeness (QED) is 0.311. The molecule has 0 aromatic rings. The van der Waals surface area contributed by atoms with Crippen molar-refractivity contribution in [1.29, 1.82) is 0 Å². The van der Waals surface area contributed by atoms with Crippen LogP contribution in [0.2, 0.25) is 5.82 Å². The number of hydrogen-bond acceptors (Lipinski definition) is 4. The Morgan fingerprint density at radius 3 is 2.04 bits per heavy atom. The van der Waals surface area contributed by atoms with E-state index < -0.39 is 0 Å². The van der Waals surface area contributed by atoms with Crippen LogP contribution in [0.25, 0.3) is 0 Å². The van der Waals surface area contributed by atoms with Crippen molar-refractivity contribution in [2.75, 3.05) is 11.6 Å². The number of carbonyl (C=O) groups excluding carboxylic acids is 1. The molecule has 0 aliphatic heterocycles. The average molecular weight is 349 g/mol. The van der Waals surface area contributed by atoms with Crippen molar-refractivity contribution in [2.45, 2.75) is 82.5 Å². The van der Waals surface area contributed by atoms with Crippen LogP contribution >= 0.6 is 24.2 Å². The Hall–Kier alpha value is 0.525. The van der Waals surface area contributed by atoms with Crippen LogP contribution in [0.15, 0.2) is 0 Å². The molecular weight excluding hydrogens is 319 g/mol. The topological polar surface area (TPSA) is 20.3 Å². The molecule has 7 heteroatoms. The first-order valence-corrected chi connectivity index (χ1v) is 10.8. The van der Waals surface area contributed by atoms with Crippen LogP contribution in [-0.2, 0) is 4.79 Å². The first-order valence-electron chi connectivity index (χ1n) is 9.13. The average Bonchev–Trinajstić information content (AvgIpc) is 2.56. The molecule has 0 bridgehead atoms. The van der Waals surface area contributed by atoms with E-state index in [0.717, 1.165) is 12.2 Å². The first-order chi connectivity index (χ1) is 11.3. The molecule has 0 unspecified atom stereocenters. The van der Waals surface area contributed by atoms with Gasteiger partial charge in [0.2, 0.25) is 0 Å². The van der Waals surface area contributed by atoms with Crippen molar-refractivity contribution < 1.29 is 4.79 Å². The van der Waals surface area contributed by atoms with E-state index in [1.807, 2.05) is 4.81 Å². The van der Waals surface area contributed by atoms with Crippen molar-refractivity contribution in [2.24, 2.45) is 0 Å². The van der Waals surface area contributed by atoms with Gasteiger partial charge < -0.3 is 9.61 Å². The molecule has 4 radical (unpaired) electrons. The van der Waals surface area contributed by atoms with Crippen LogP contribution in [0, 0.1) is 0 Å². The molecule has 126 valence electrons. The normalized spacial score (nSPS) is 20.3. The smallest absolute Gasteiger partial charge is 0.196 e. The van der Waals surface area contributed by atoms with E-state index in [2.05, 4.69) is 19.2 Å². The van der Waals surface area contributed by atoms with E-state index in [-0.39, 0.29) is 6.04 Å². The van der Waals surface area contributed by atoms with Crippen LogP contribution in [0.5, 0.6) is 0 Å². The molecule has 1 fully saturated rings. The van der Waals surface area contributed by atoms with Crippen LogP contribution in [0.3, 0.4) is 0 Å². The number of thiol groups is 1. The summed E-state index contributed by atoms with van der Waals surface area (Å²) >= 11 is 6.00. The largest absolute Gasteiger partial charge is 0.340 e. The summed E-state index contributed by atoms with van der Waals surface area (Å²) in [5.41, 5.74) is 0. The fraction of sp³-hybridized carbons (Fsp3) is 0.938. The van der Waals surface area contributed by atoms with E-state index >= 15 is 0 Å². The molecule has 0 aromatic heterocycles. The Balaban J connectivity index is 2.31. The molecule has 23 heavy (non-hydrogen) atoms. The monoisotopic (exact) mass is 349 g/mol. The molecular formula is C16H30B3NOS2. The number of nitrogens with zero attached hydrogens (tertiary/aromatic N) is 1. The minimum absolute atomic E-state index is 0.222. The predicted molar refractivity (Wildman–Crippen MR) is 110 cm³/mol. The summed E-state index contributed by atoms with van der Waals surface area (Å²) in [4.78, 5) is 12.9. The zero-order valence-corrected chi connectivity index (χ0v) is 16.1. The van der Waals surface area contributed by atoms with Gasteiger partial charge in [0.05, 0.1) is 6.04 Å². The molecule has 0 amide bonds. The summed E-state index contributed by atoms with van der Waals surface area (Å²) in [5.74, 6) is 1.93. The van der Waals surface area contributed by atoms with Crippen LogP contribution in [0.1, 0.15) is 70.6 Å². The third kappa shape index (κ3) is 10.2. The second-order valence-electron chi connectivity index (χ2n) is 6.50. The lowest BCUT2D eigenvalue weighted by molar-refractivity contribution is -0.110. The summed E-state index contributed by atoms with van der Waals surface area (Å²) in [6.07, 6.45) is 16.1. The SMILES string of the molecule is [B][B]N(CS[B]C1CCCCCCCCCCC1)[C@H](C=O)CS. The summed E-state index contributed by atoms with van der Waals surface area (Å²) in [6, 6.07) is -0.222. The lowest BCUT2D eigenvalue weighted by atomic mass is 9.65. The van der Waals surface area contributed by atoms with E-state index in [4.69, 9.17) is 7.74 Å². The molecule has 1 aliphatic rings. The van der Waals surface area contributed by atoms with Gasteiger partial charge in [-0.1, -0.05) is 76.4 Å². The highest BCUT2D eigenvalue weighted by molar-refractivity contribution is 8.22. The van der Waals surface area contributed by atoms with Gasteiger partial charge in [0.15, 0.2) is 13.9 Å². The molecule has 1 saturated carbocycles. The van der Waals surface area contributed by atoms with Gasteiger partial charge in [-0.15, -0.1) is 0 Å². The van der Waals surface area contributed by atoms with Crippen LogP contribution < -0.4 is 0 Å². The Morgan fingerprint density at radius 2 is 1.61 bits per heavy atom. The second kappa shape index (κ2) is 14.8. The maximum Gasteiger partial charge on any atom is 0.196 e. The summed E-state index contributed by atoms with van der Waals surface area (Å²) in [6.45, 7) is 2.39. The third-order valence-corrected chi connectivity index (χ3v) is 6.02. The molecule has 1 atom stereocenters. The van der Waals surface area contributed by atoms with Gasteiger partial charge in [0, 0.05) is 19.4 Å². The van der Waals surface area contributed by atoms with E-state index in [9.17, 15) is 4.79 Å². The zero-order chi connectivity index (χ0) is 16.8. The molecule has 1 aliphatic carbocycles. The van der Waals surface area contributed by atoms with E-state index in [1.165, 1.54) is 77.9 Å².